The largest absolute Gasteiger partial charge is 0.381 e. The van der Waals surface area contributed by atoms with Gasteiger partial charge in [0.05, 0.1) is 4.88 Å². The van der Waals surface area contributed by atoms with Gasteiger partial charge in [-0.05, 0) is 56.1 Å². The van der Waals surface area contributed by atoms with E-state index < -0.39 is 0 Å². The van der Waals surface area contributed by atoms with E-state index in [0.29, 0.717) is 5.92 Å². The molecule has 1 aromatic heterocycles. The summed E-state index contributed by atoms with van der Waals surface area (Å²) in [6.45, 7) is 5.00. The van der Waals surface area contributed by atoms with Crippen molar-refractivity contribution in [3.63, 3.8) is 0 Å². The molecule has 5 heteroatoms. The van der Waals surface area contributed by atoms with Crippen LogP contribution in [0.25, 0.3) is 0 Å². The van der Waals surface area contributed by atoms with Gasteiger partial charge in [-0.15, -0.1) is 11.3 Å². The zero-order valence-corrected chi connectivity index (χ0v) is 13.2. The first-order valence-corrected chi connectivity index (χ1v) is 8.84. The van der Waals surface area contributed by atoms with Crippen molar-refractivity contribution in [3.05, 3.63) is 22.4 Å². The molecule has 0 aliphatic carbocycles. The number of thiophene rings is 1. The Hall–Kier alpha value is -0.910. The molecule has 0 unspecified atom stereocenters. The Kier molecular flexibility index (Phi) is 5.27. The van der Waals surface area contributed by atoms with Crippen molar-refractivity contribution in [1.29, 1.82) is 0 Å². The molecule has 1 aromatic rings. The summed E-state index contributed by atoms with van der Waals surface area (Å²) < 4.78 is 5.44. The van der Waals surface area contributed by atoms with Gasteiger partial charge in [0.25, 0.3) is 5.91 Å². The second kappa shape index (κ2) is 7.38. The maximum absolute atomic E-state index is 11.9. The average molecular weight is 308 g/mol. The lowest BCUT2D eigenvalue weighted by atomic mass is 9.94. The number of rotatable bonds is 4. The third-order valence-corrected chi connectivity index (χ3v) is 5.52. The maximum Gasteiger partial charge on any atom is 0.261 e. The van der Waals surface area contributed by atoms with Crippen molar-refractivity contribution in [1.82, 2.24) is 10.2 Å². The Morgan fingerprint density at radius 1 is 1.29 bits per heavy atom. The number of hydrogen-bond acceptors (Lipinski definition) is 4. The summed E-state index contributed by atoms with van der Waals surface area (Å²) in [5.41, 5.74) is 0. The summed E-state index contributed by atoms with van der Waals surface area (Å²) in [5.74, 6) is 0.710. The van der Waals surface area contributed by atoms with Crippen molar-refractivity contribution in [2.24, 2.45) is 5.92 Å². The molecule has 116 valence electrons. The minimum absolute atomic E-state index is 0.0804. The van der Waals surface area contributed by atoms with E-state index in [9.17, 15) is 4.79 Å². The molecule has 1 N–H and O–H groups in total. The molecule has 21 heavy (non-hydrogen) atoms. The molecule has 2 aliphatic heterocycles. The van der Waals surface area contributed by atoms with Crippen LogP contribution in [0.1, 0.15) is 35.4 Å². The molecule has 2 saturated heterocycles. The zero-order chi connectivity index (χ0) is 14.5. The van der Waals surface area contributed by atoms with Gasteiger partial charge in [-0.3, -0.25) is 4.79 Å². The van der Waals surface area contributed by atoms with Crippen LogP contribution in [-0.4, -0.2) is 49.7 Å². The fraction of sp³-hybridized carbons (Fsp3) is 0.688. The summed E-state index contributed by atoms with van der Waals surface area (Å²) in [5, 5.41) is 5.03. The zero-order valence-electron chi connectivity index (χ0n) is 12.4. The van der Waals surface area contributed by atoms with Crippen LogP contribution in [0.4, 0.5) is 0 Å². The Morgan fingerprint density at radius 2 is 2.05 bits per heavy atom. The summed E-state index contributed by atoms with van der Waals surface area (Å²) in [4.78, 5) is 15.4. The lowest BCUT2D eigenvalue weighted by Gasteiger charge is -2.39. The van der Waals surface area contributed by atoms with E-state index in [0.717, 1.165) is 30.7 Å². The Labute approximate surface area is 130 Å². The van der Waals surface area contributed by atoms with Crippen LogP contribution in [0.5, 0.6) is 0 Å². The molecular formula is C16H24N2O2S. The number of hydrogen-bond donors (Lipinski definition) is 1. The van der Waals surface area contributed by atoms with E-state index in [1.165, 1.54) is 50.1 Å². The normalized spacial score (nSPS) is 22.3. The minimum atomic E-state index is 0.0804. The van der Waals surface area contributed by atoms with Gasteiger partial charge in [-0.25, -0.2) is 0 Å². The molecule has 2 fully saturated rings. The molecule has 0 spiro atoms. The summed E-state index contributed by atoms with van der Waals surface area (Å²) in [7, 11) is 0. The summed E-state index contributed by atoms with van der Waals surface area (Å²) in [6.07, 6.45) is 4.75. The number of piperidine rings is 1. The van der Waals surface area contributed by atoms with E-state index in [1.54, 1.807) is 0 Å². The topological polar surface area (TPSA) is 41.6 Å². The number of likely N-dealkylation sites (tertiary alicyclic amines) is 1. The van der Waals surface area contributed by atoms with Crippen LogP contribution in [0.15, 0.2) is 17.5 Å². The highest BCUT2D eigenvalue weighted by molar-refractivity contribution is 7.12. The first-order chi connectivity index (χ1) is 10.3. The second-order valence-electron chi connectivity index (χ2n) is 6.01. The third kappa shape index (κ3) is 4.05. The lowest BCUT2D eigenvalue weighted by Crippen LogP contribution is -2.45. The van der Waals surface area contributed by atoms with Crippen molar-refractivity contribution >= 4 is 17.2 Å². The quantitative estimate of drug-likeness (QED) is 0.928. The lowest BCUT2D eigenvalue weighted by molar-refractivity contribution is 0.0211. The number of amides is 1. The molecule has 2 aliphatic rings. The van der Waals surface area contributed by atoms with E-state index in [2.05, 4.69) is 10.2 Å². The van der Waals surface area contributed by atoms with E-state index in [-0.39, 0.29) is 5.91 Å². The van der Waals surface area contributed by atoms with Gasteiger partial charge in [0.2, 0.25) is 0 Å². The number of nitrogens with zero attached hydrogens (tertiary/aromatic N) is 1. The first kappa shape index (κ1) is 15.0. The first-order valence-electron chi connectivity index (χ1n) is 7.96. The Bertz CT molecular complexity index is 435. The molecule has 4 nitrogen and oxygen atoms in total. The van der Waals surface area contributed by atoms with Gasteiger partial charge in [0, 0.05) is 25.8 Å². The molecule has 3 rings (SSSR count). The molecule has 0 bridgehead atoms. The molecular weight excluding hydrogens is 284 g/mol. The van der Waals surface area contributed by atoms with E-state index >= 15 is 0 Å². The molecule has 0 radical (unpaired) electrons. The number of ether oxygens (including phenoxy) is 1. The monoisotopic (exact) mass is 308 g/mol. The Morgan fingerprint density at radius 3 is 2.71 bits per heavy atom. The SMILES string of the molecule is O=C(NCC1CCN(C2CCOCC2)CC1)c1cccs1. The van der Waals surface area contributed by atoms with Gasteiger partial charge < -0.3 is 15.0 Å². The Balaban J connectivity index is 1.38. The standard InChI is InChI=1S/C16H24N2O2S/c19-16(15-2-1-11-21-15)17-12-13-3-7-18(8-4-13)14-5-9-20-10-6-14/h1-2,11,13-14H,3-10,12H2,(H,17,19). The van der Waals surface area contributed by atoms with E-state index in [4.69, 9.17) is 4.74 Å². The van der Waals surface area contributed by atoms with Crippen LogP contribution < -0.4 is 5.32 Å². The average Bonchev–Trinajstić information content (AvgIpc) is 3.08. The predicted octanol–water partition coefficient (Wildman–Crippen LogP) is 2.37. The van der Waals surface area contributed by atoms with Gasteiger partial charge in [-0.1, -0.05) is 6.07 Å². The number of nitrogens with one attached hydrogen (secondary N) is 1. The van der Waals surface area contributed by atoms with Gasteiger partial charge in [0.1, 0.15) is 0 Å². The van der Waals surface area contributed by atoms with Gasteiger partial charge in [-0.2, -0.15) is 0 Å². The molecule has 0 aromatic carbocycles. The number of carbonyl (C=O) groups excluding carboxylic acids is 1. The maximum atomic E-state index is 11.9. The van der Waals surface area contributed by atoms with Crippen molar-refractivity contribution in [3.8, 4) is 0 Å². The number of carbonyl (C=O) groups is 1. The van der Waals surface area contributed by atoms with Crippen LogP contribution in [0.2, 0.25) is 0 Å². The predicted molar refractivity (Wildman–Crippen MR) is 84.8 cm³/mol. The second-order valence-corrected chi connectivity index (χ2v) is 6.96. The van der Waals surface area contributed by atoms with Crippen LogP contribution >= 0.6 is 11.3 Å². The highest BCUT2D eigenvalue weighted by Gasteiger charge is 2.26. The van der Waals surface area contributed by atoms with Crippen molar-refractivity contribution in [2.45, 2.75) is 31.7 Å². The van der Waals surface area contributed by atoms with Crippen molar-refractivity contribution < 1.29 is 9.53 Å². The summed E-state index contributed by atoms with van der Waals surface area (Å²) >= 11 is 1.50. The van der Waals surface area contributed by atoms with Crippen LogP contribution in [-0.2, 0) is 4.74 Å². The molecule has 1 amide bonds. The summed E-state index contributed by atoms with van der Waals surface area (Å²) in [6, 6.07) is 4.53. The fourth-order valence-electron chi connectivity index (χ4n) is 3.30. The smallest absolute Gasteiger partial charge is 0.261 e. The van der Waals surface area contributed by atoms with Crippen LogP contribution in [0.3, 0.4) is 0 Å². The van der Waals surface area contributed by atoms with Gasteiger partial charge in [0.15, 0.2) is 0 Å². The minimum Gasteiger partial charge on any atom is -0.381 e. The van der Waals surface area contributed by atoms with Gasteiger partial charge >= 0.3 is 0 Å². The molecule has 3 heterocycles. The third-order valence-electron chi connectivity index (χ3n) is 4.65. The molecule has 0 atom stereocenters. The van der Waals surface area contributed by atoms with Crippen molar-refractivity contribution in [2.75, 3.05) is 32.8 Å². The van der Waals surface area contributed by atoms with Crippen LogP contribution in [0, 0.1) is 5.92 Å². The highest BCUT2D eigenvalue weighted by Crippen LogP contribution is 2.23. The van der Waals surface area contributed by atoms with E-state index in [1.807, 2.05) is 17.5 Å². The fourth-order valence-corrected chi connectivity index (χ4v) is 3.94. The highest BCUT2D eigenvalue weighted by atomic mass is 32.1. The molecule has 0 saturated carbocycles.